The van der Waals surface area contributed by atoms with Crippen LogP contribution in [0.2, 0.25) is 0 Å². The van der Waals surface area contributed by atoms with Crippen LogP contribution in [0.1, 0.15) is 66.2 Å². The van der Waals surface area contributed by atoms with Crippen LogP contribution in [0.15, 0.2) is 24.3 Å². The average molecular weight is 288 g/mol. The Morgan fingerprint density at radius 3 is 2.62 bits per heavy atom. The third-order valence-electron chi connectivity index (χ3n) is 7.29. The smallest absolute Gasteiger partial charge is 0.0610 e. The molecule has 0 amide bonds. The number of hydrogen-bond donors (Lipinski definition) is 1. The van der Waals surface area contributed by atoms with Gasteiger partial charge in [-0.1, -0.05) is 51.8 Å². The lowest BCUT2D eigenvalue weighted by Crippen LogP contribution is -2.56. The predicted octanol–water partition coefficient (Wildman–Crippen LogP) is 5.11. The van der Waals surface area contributed by atoms with Crippen LogP contribution in [0.3, 0.4) is 0 Å². The fourth-order valence-electron chi connectivity index (χ4n) is 5.67. The molecule has 1 N–H and O–H groups in total. The fourth-order valence-corrected chi connectivity index (χ4v) is 5.67. The zero-order chi connectivity index (χ0) is 15.5. The van der Waals surface area contributed by atoms with E-state index in [1.54, 1.807) is 5.57 Å². The van der Waals surface area contributed by atoms with Crippen LogP contribution in [0, 0.1) is 28.1 Å². The van der Waals surface area contributed by atoms with Gasteiger partial charge in [-0.2, -0.15) is 0 Å². The molecule has 3 rings (SSSR count). The van der Waals surface area contributed by atoms with Crippen molar-refractivity contribution in [3.63, 3.8) is 0 Å². The summed E-state index contributed by atoms with van der Waals surface area (Å²) in [6, 6.07) is 0. The van der Waals surface area contributed by atoms with Gasteiger partial charge in [-0.15, -0.1) is 6.58 Å². The van der Waals surface area contributed by atoms with Crippen molar-refractivity contribution in [1.82, 2.24) is 0 Å². The second kappa shape index (κ2) is 4.72. The molecular weight excluding hydrogens is 256 g/mol. The summed E-state index contributed by atoms with van der Waals surface area (Å²) in [5.41, 5.74) is 2.16. The molecule has 3 aliphatic carbocycles. The van der Waals surface area contributed by atoms with E-state index in [1.807, 2.05) is 0 Å². The van der Waals surface area contributed by atoms with Crippen molar-refractivity contribution >= 4 is 0 Å². The van der Waals surface area contributed by atoms with Crippen LogP contribution in [0.5, 0.6) is 0 Å². The molecule has 2 fully saturated rings. The first-order valence-electron chi connectivity index (χ1n) is 8.75. The minimum Gasteiger partial charge on any atom is -0.392 e. The van der Waals surface area contributed by atoms with E-state index >= 15 is 0 Å². The van der Waals surface area contributed by atoms with E-state index in [0.717, 1.165) is 12.8 Å². The number of rotatable bonds is 1. The van der Waals surface area contributed by atoms with Gasteiger partial charge < -0.3 is 5.11 Å². The van der Waals surface area contributed by atoms with Gasteiger partial charge in [0, 0.05) is 5.41 Å². The number of aliphatic hydroxyl groups is 1. The van der Waals surface area contributed by atoms with Crippen LogP contribution in [-0.2, 0) is 0 Å². The Hall–Kier alpha value is -0.560. The minimum atomic E-state index is -0.193. The highest BCUT2D eigenvalue weighted by atomic mass is 16.3. The topological polar surface area (TPSA) is 20.2 Å². The van der Waals surface area contributed by atoms with E-state index in [4.69, 9.17) is 0 Å². The monoisotopic (exact) mass is 288 g/mol. The molecule has 0 heterocycles. The van der Waals surface area contributed by atoms with Gasteiger partial charge in [-0.05, 0) is 54.8 Å². The van der Waals surface area contributed by atoms with Crippen molar-refractivity contribution < 1.29 is 5.11 Å². The van der Waals surface area contributed by atoms with Gasteiger partial charge >= 0.3 is 0 Å². The Labute approximate surface area is 130 Å². The van der Waals surface area contributed by atoms with Crippen molar-refractivity contribution in [2.24, 2.45) is 28.1 Å². The molecule has 0 saturated heterocycles. The molecule has 0 spiro atoms. The zero-order valence-corrected chi connectivity index (χ0v) is 14.3. The van der Waals surface area contributed by atoms with Gasteiger partial charge in [0.1, 0.15) is 0 Å². The molecule has 21 heavy (non-hydrogen) atoms. The van der Waals surface area contributed by atoms with E-state index in [0.29, 0.717) is 17.3 Å². The predicted molar refractivity (Wildman–Crippen MR) is 89.0 cm³/mol. The second-order valence-corrected chi connectivity index (χ2v) is 9.07. The van der Waals surface area contributed by atoms with E-state index in [1.165, 1.54) is 25.7 Å². The largest absolute Gasteiger partial charge is 0.392 e. The summed E-state index contributed by atoms with van der Waals surface area (Å²) in [4.78, 5) is 0. The van der Waals surface area contributed by atoms with Gasteiger partial charge in [-0.25, -0.2) is 0 Å². The molecule has 0 radical (unpaired) electrons. The lowest BCUT2D eigenvalue weighted by Gasteiger charge is -2.60. The summed E-state index contributed by atoms with van der Waals surface area (Å²) >= 11 is 0. The van der Waals surface area contributed by atoms with Gasteiger partial charge in [0.25, 0.3) is 0 Å². The maximum atomic E-state index is 11.1. The van der Waals surface area contributed by atoms with Crippen LogP contribution in [0.4, 0.5) is 0 Å². The molecule has 2 saturated carbocycles. The summed E-state index contributed by atoms with van der Waals surface area (Å²) < 4.78 is 0. The summed E-state index contributed by atoms with van der Waals surface area (Å²) in [7, 11) is 0. The van der Waals surface area contributed by atoms with Gasteiger partial charge in [0.15, 0.2) is 0 Å². The summed E-state index contributed by atoms with van der Waals surface area (Å²) in [6.07, 6.45) is 11.5. The van der Waals surface area contributed by atoms with Crippen molar-refractivity contribution in [3.05, 3.63) is 24.3 Å². The molecule has 0 aromatic heterocycles. The average Bonchev–Trinajstić information content (AvgIpc) is 2.41. The highest BCUT2D eigenvalue weighted by Crippen LogP contribution is 2.63. The number of allylic oxidation sites excluding steroid dienone is 3. The molecular formula is C20H32O. The Morgan fingerprint density at radius 1 is 1.24 bits per heavy atom. The highest BCUT2D eigenvalue weighted by molar-refractivity contribution is 5.27. The van der Waals surface area contributed by atoms with Crippen molar-refractivity contribution in [2.75, 3.05) is 0 Å². The number of hydrogen-bond acceptors (Lipinski definition) is 1. The van der Waals surface area contributed by atoms with Crippen LogP contribution < -0.4 is 0 Å². The standard InChI is InChI=1S/C20H32O/c1-6-19(4)12-14-9-10-15-16(8-7-11-18(15,2)3)20(14,5)17(21)13-19/h6,10,14,16-17,21H,1,7-9,11-13H2,2-5H3. The van der Waals surface area contributed by atoms with Crippen molar-refractivity contribution in [2.45, 2.75) is 72.3 Å². The Morgan fingerprint density at radius 2 is 1.95 bits per heavy atom. The summed E-state index contributed by atoms with van der Waals surface area (Å²) in [6.45, 7) is 13.5. The summed E-state index contributed by atoms with van der Waals surface area (Å²) in [5, 5.41) is 11.1. The lowest BCUT2D eigenvalue weighted by molar-refractivity contribution is -0.116. The quantitative estimate of drug-likeness (QED) is 0.665. The number of aliphatic hydroxyl groups excluding tert-OH is 1. The molecule has 3 aliphatic rings. The van der Waals surface area contributed by atoms with E-state index in [9.17, 15) is 5.11 Å². The molecule has 118 valence electrons. The molecule has 5 unspecified atom stereocenters. The maximum absolute atomic E-state index is 11.1. The second-order valence-electron chi connectivity index (χ2n) is 9.07. The molecule has 5 atom stereocenters. The first kappa shape index (κ1) is 15.3. The Kier molecular flexibility index (Phi) is 3.44. The summed E-state index contributed by atoms with van der Waals surface area (Å²) in [5.74, 6) is 1.19. The minimum absolute atomic E-state index is 0.0737. The van der Waals surface area contributed by atoms with E-state index in [2.05, 4.69) is 46.4 Å². The van der Waals surface area contributed by atoms with E-state index < -0.39 is 0 Å². The van der Waals surface area contributed by atoms with Crippen LogP contribution >= 0.6 is 0 Å². The van der Waals surface area contributed by atoms with Gasteiger partial charge in [-0.3, -0.25) is 0 Å². The fraction of sp³-hybridized carbons (Fsp3) is 0.800. The Balaban J connectivity index is 2.01. The Bertz CT molecular complexity index is 474. The molecule has 0 bridgehead atoms. The molecule has 0 aliphatic heterocycles. The zero-order valence-electron chi connectivity index (χ0n) is 14.3. The highest BCUT2D eigenvalue weighted by Gasteiger charge is 2.57. The third-order valence-corrected chi connectivity index (χ3v) is 7.29. The van der Waals surface area contributed by atoms with Crippen molar-refractivity contribution in [1.29, 1.82) is 0 Å². The first-order valence-corrected chi connectivity index (χ1v) is 8.75. The van der Waals surface area contributed by atoms with Gasteiger partial charge in [0.2, 0.25) is 0 Å². The third kappa shape index (κ3) is 2.15. The SMILES string of the molecule is C=CC1(C)CC(O)C2(C)C(CC=C3C2CCCC3(C)C)C1. The van der Waals surface area contributed by atoms with Gasteiger partial charge in [0.05, 0.1) is 6.10 Å². The number of fused-ring (bicyclic) bond motifs is 3. The maximum Gasteiger partial charge on any atom is 0.0610 e. The molecule has 1 nitrogen and oxygen atoms in total. The molecule has 0 aromatic rings. The van der Waals surface area contributed by atoms with Crippen LogP contribution in [-0.4, -0.2) is 11.2 Å². The first-order chi connectivity index (χ1) is 9.73. The van der Waals surface area contributed by atoms with E-state index in [-0.39, 0.29) is 16.9 Å². The molecule has 0 aromatic carbocycles. The molecule has 1 heteroatoms. The lowest BCUT2D eigenvalue weighted by atomic mass is 9.46. The van der Waals surface area contributed by atoms with Crippen molar-refractivity contribution in [3.8, 4) is 0 Å². The normalized spacial score (nSPS) is 48.8. The van der Waals surface area contributed by atoms with Crippen LogP contribution in [0.25, 0.3) is 0 Å².